The Bertz CT molecular complexity index is 490. The van der Waals surface area contributed by atoms with Crippen molar-refractivity contribution in [3.8, 4) is 0 Å². The standard InChI is InChI=1S/C12H14N2O.ClH/c1-13(2)12(15)9-14-8-7-10-5-3-4-6-11(10)14;/h3-8H,9H2,1-2H3;1H. The zero-order chi connectivity index (χ0) is 10.8. The van der Waals surface area contributed by atoms with E-state index in [4.69, 9.17) is 0 Å². The van der Waals surface area contributed by atoms with E-state index in [1.165, 1.54) is 5.39 Å². The molecule has 2 aromatic rings. The third kappa shape index (κ3) is 2.36. The van der Waals surface area contributed by atoms with Gasteiger partial charge in [-0.25, -0.2) is 0 Å². The van der Waals surface area contributed by atoms with Gasteiger partial charge in [0.1, 0.15) is 6.54 Å². The number of benzene rings is 1. The highest BCUT2D eigenvalue weighted by Gasteiger charge is 2.06. The third-order valence-corrected chi connectivity index (χ3v) is 2.48. The number of rotatable bonds is 2. The van der Waals surface area contributed by atoms with Crippen molar-refractivity contribution in [2.45, 2.75) is 6.54 Å². The molecule has 0 atom stereocenters. The van der Waals surface area contributed by atoms with Crippen LogP contribution in [-0.2, 0) is 11.3 Å². The molecule has 1 amide bonds. The molecule has 0 N–H and O–H groups in total. The lowest BCUT2D eigenvalue weighted by Crippen LogP contribution is -2.25. The maximum Gasteiger partial charge on any atom is 0.241 e. The van der Waals surface area contributed by atoms with Crippen molar-refractivity contribution < 1.29 is 4.79 Å². The minimum atomic E-state index is 0. The number of hydrogen-bond acceptors (Lipinski definition) is 1. The second-order valence-electron chi connectivity index (χ2n) is 3.79. The molecule has 4 heteroatoms. The first-order valence-electron chi connectivity index (χ1n) is 4.92. The average Bonchev–Trinajstić information content (AvgIpc) is 2.62. The number of carbonyl (C=O) groups excluding carboxylic acids is 1. The summed E-state index contributed by atoms with van der Waals surface area (Å²) in [5, 5.41) is 1.17. The Morgan fingerprint density at radius 2 is 1.94 bits per heavy atom. The van der Waals surface area contributed by atoms with Crippen LogP contribution in [-0.4, -0.2) is 29.5 Å². The molecular weight excluding hydrogens is 224 g/mol. The van der Waals surface area contributed by atoms with Gasteiger partial charge in [-0.15, -0.1) is 12.4 Å². The molecule has 0 radical (unpaired) electrons. The van der Waals surface area contributed by atoms with Gasteiger partial charge in [0.15, 0.2) is 0 Å². The monoisotopic (exact) mass is 238 g/mol. The Kier molecular flexibility index (Phi) is 3.96. The van der Waals surface area contributed by atoms with Crippen LogP contribution < -0.4 is 0 Å². The van der Waals surface area contributed by atoms with Crippen LogP contribution in [0, 0.1) is 0 Å². The predicted octanol–water partition coefficient (Wildman–Crippen LogP) is 2.15. The van der Waals surface area contributed by atoms with Crippen LogP contribution in [0.4, 0.5) is 0 Å². The zero-order valence-corrected chi connectivity index (χ0v) is 10.2. The van der Waals surface area contributed by atoms with Gasteiger partial charge in [-0.3, -0.25) is 4.79 Å². The SMILES string of the molecule is CN(C)C(=O)Cn1ccc2ccccc21.Cl. The fourth-order valence-corrected chi connectivity index (χ4v) is 1.57. The van der Waals surface area contributed by atoms with Gasteiger partial charge in [-0.2, -0.15) is 0 Å². The number of fused-ring (bicyclic) bond motifs is 1. The fourth-order valence-electron chi connectivity index (χ4n) is 1.57. The van der Waals surface area contributed by atoms with Crippen molar-refractivity contribution in [1.29, 1.82) is 0 Å². The molecule has 16 heavy (non-hydrogen) atoms. The van der Waals surface area contributed by atoms with Crippen molar-refractivity contribution >= 4 is 29.2 Å². The maximum absolute atomic E-state index is 11.6. The molecule has 86 valence electrons. The summed E-state index contributed by atoms with van der Waals surface area (Å²) in [6.07, 6.45) is 1.95. The van der Waals surface area contributed by atoms with Crippen LogP contribution in [0.25, 0.3) is 10.9 Å². The highest BCUT2D eigenvalue weighted by atomic mass is 35.5. The number of carbonyl (C=O) groups is 1. The molecular formula is C12H15ClN2O. The minimum absolute atomic E-state index is 0. The lowest BCUT2D eigenvalue weighted by atomic mass is 10.2. The third-order valence-electron chi connectivity index (χ3n) is 2.48. The maximum atomic E-state index is 11.6. The Morgan fingerprint density at radius 3 is 2.62 bits per heavy atom. The summed E-state index contributed by atoms with van der Waals surface area (Å²) < 4.78 is 1.97. The first kappa shape index (κ1) is 12.6. The molecule has 0 aliphatic heterocycles. The number of aromatic nitrogens is 1. The summed E-state index contributed by atoms with van der Waals surface area (Å²) >= 11 is 0. The van der Waals surface area contributed by atoms with Crippen molar-refractivity contribution in [3.63, 3.8) is 0 Å². The van der Waals surface area contributed by atoms with Crippen LogP contribution in [0.1, 0.15) is 0 Å². The molecule has 2 rings (SSSR count). The van der Waals surface area contributed by atoms with E-state index in [0.717, 1.165) is 5.52 Å². The van der Waals surface area contributed by atoms with E-state index in [2.05, 4.69) is 0 Å². The molecule has 0 saturated carbocycles. The highest BCUT2D eigenvalue weighted by molar-refractivity contribution is 5.85. The molecule has 0 bridgehead atoms. The van der Waals surface area contributed by atoms with Crippen LogP contribution in [0.15, 0.2) is 36.5 Å². The van der Waals surface area contributed by atoms with Crippen LogP contribution >= 0.6 is 12.4 Å². The van der Waals surface area contributed by atoms with E-state index in [0.29, 0.717) is 6.54 Å². The Labute approximate surface area is 101 Å². The summed E-state index contributed by atoms with van der Waals surface area (Å²) in [5.74, 6) is 0.108. The van der Waals surface area contributed by atoms with Gasteiger partial charge in [0.2, 0.25) is 5.91 Å². The van der Waals surface area contributed by atoms with Gasteiger partial charge in [0.05, 0.1) is 0 Å². The van der Waals surface area contributed by atoms with Crippen LogP contribution in [0.5, 0.6) is 0 Å². The molecule has 0 fully saturated rings. The van der Waals surface area contributed by atoms with Crippen molar-refractivity contribution in [1.82, 2.24) is 9.47 Å². The summed E-state index contributed by atoms with van der Waals surface area (Å²) in [7, 11) is 3.54. The van der Waals surface area contributed by atoms with Gasteiger partial charge in [0, 0.05) is 25.8 Å². The topological polar surface area (TPSA) is 25.2 Å². The molecule has 0 aliphatic carbocycles. The molecule has 0 unspecified atom stereocenters. The first-order chi connectivity index (χ1) is 7.18. The lowest BCUT2D eigenvalue weighted by Gasteiger charge is -2.11. The van der Waals surface area contributed by atoms with E-state index in [1.807, 2.05) is 41.1 Å². The number of hydrogen-bond donors (Lipinski definition) is 0. The van der Waals surface area contributed by atoms with Gasteiger partial charge in [-0.1, -0.05) is 18.2 Å². The smallest absolute Gasteiger partial charge is 0.241 e. The Balaban J connectivity index is 0.00000128. The van der Waals surface area contributed by atoms with Gasteiger partial charge in [0.25, 0.3) is 0 Å². The van der Waals surface area contributed by atoms with E-state index in [1.54, 1.807) is 19.0 Å². The summed E-state index contributed by atoms with van der Waals surface area (Å²) in [4.78, 5) is 13.2. The van der Waals surface area contributed by atoms with E-state index in [-0.39, 0.29) is 18.3 Å². The number of nitrogens with zero attached hydrogens (tertiary/aromatic N) is 2. The van der Waals surface area contributed by atoms with Gasteiger partial charge in [-0.05, 0) is 17.5 Å². The second-order valence-corrected chi connectivity index (χ2v) is 3.79. The molecule has 0 aliphatic rings. The summed E-state index contributed by atoms with van der Waals surface area (Å²) in [6.45, 7) is 0.403. The number of likely N-dealkylation sites (N-methyl/N-ethyl adjacent to an activating group) is 1. The molecule has 0 saturated heterocycles. The van der Waals surface area contributed by atoms with E-state index in [9.17, 15) is 4.79 Å². The largest absolute Gasteiger partial charge is 0.347 e. The van der Waals surface area contributed by atoms with Crippen molar-refractivity contribution in [2.24, 2.45) is 0 Å². The predicted molar refractivity (Wildman–Crippen MR) is 67.9 cm³/mol. The Morgan fingerprint density at radius 1 is 1.25 bits per heavy atom. The number of halogens is 1. The molecule has 1 aromatic heterocycles. The summed E-state index contributed by atoms with van der Waals surface area (Å²) in [6, 6.07) is 10.1. The number of para-hydroxylation sites is 1. The summed E-state index contributed by atoms with van der Waals surface area (Å²) in [5.41, 5.74) is 1.10. The first-order valence-corrected chi connectivity index (χ1v) is 4.92. The van der Waals surface area contributed by atoms with Crippen LogP contribution in [0.3, 0.4) is 0 Å². The van der Waals surface area contributed by atoms with Gasteiger partial charge < -0.3 is 9.47 Å². The van der Waals surface area contributed by atoms with Crippen molar-refractivity contribution in [3.05, 3.63) is 36.5 Å². The Hall–Kier alpha value is -1.48. The van der Waals surface area contributed by atoms with Crippen LogP contribution in [0.2, 0.25) is 0 Å². The quantitative estimate of drug-likeness (QED) is 0.787. The minimum Gasteiger partial charge on any atom is -0.347 e. The van der Waals surface area contributed by atoms with E-state index < -0.39 is 0 Å². The normalized spacial score (nSPS) is 9.88. The van der Waals surface area contributed by atoms with Gasteiger partial charge >= 0.3 is 0 Å². The second kappa shape index (κ2) is 5.03. The molecule has 1 aromatic carbocycles. The zero-order valence-electron chi connectivity index (χ0n) is 9.38. The highest BCUT2D eigenvalue weighted by Crippen LogP contribution is 2.14. The van der Waals surface area contributed by atoms with Crippen molar-refractivity contribution in [2.75, 3.05) is 14.1 Å². The molecule has 1 heterocycles. The molecule has 0 spiro atoms. The average molecular weight is 239 g/mol. The fraction of sp³-hybridized carbons (Fsp3) is 0.250. The lowest BCUT2D eigenvalue weighted by molar-refractivity contribution is -0.129. The molecule has 3 nitrogen and oxygen atoms in total. The van der Waals surface area contributed by atoms with E-state index >= 15 is 0 Å². The number of amides is 1.